The minimum Gasteiger partial charge on any atom is -0.455 e. The molecular formula is C22H30N2O3S. The van der Waals surface area contributed by atoms with E-state index < -0.39 is 0 Å². The average Bonchev–Trinajstić information content (AvgIpc) is 3.02. The number of fused-ring (bicyclic) bond motifs is 1. The number of ether oxygens (including phenoxy) is 1. The summed E-state index contributed by atoms with van der Waals surface area (Å²) >= 11 is 1.48. The first-order valence-electron chi connectivity index (χ1n) is 10.3. The molecule has 0 aromatic carbocycles. The number of nitriles is 1. The largest absolute Gasteiger partial charge is 0.455 e. The molecule has 1 amide bonds. The quantitative estimate of drug-likeness (QED) is 0.731. The normalized spacial score (nSPS) is 22.1. The lowest BCUT2D eigenvalue weighted by atomic mass is 9.70. The monoisotopic (exact) mass is 402 g/mol. The molecule has 0 unspecified atom stereocenters. The van der Waals surface area contributed by atoms with E-state index in [4.69, 9.17) is 4.74 Å². The molecule has 1 aromatic rings. The van der Waals surface area contributed by atoms with Crippen LogP contribution in [0.2, 0.25) is 0 Å². The summed E-state index contributed by atoms with van der Waals surface area (Å²) in [5.74, 6) is -0.107. The SMILES string of the molecule is CC(C)(C)C1CCC(C(=O)OCC(=O)Nc2sc3c(c2C#N)CCCC3)CC1. The molecule has 28 heavy (non-hydrogen) atoms. The van der Waals surface area contributed by atoms with Gasteiger partial charge in [-0.2, -0.15) is 5.26 Å². The van der Waals surface area contributed by atoms with Crippen LogP contribution in [-0.2, 0) is 27.2 Å². The minimum absolute atomic E-state index is 0.102. The second kappa shape index (κ2) is 8.65. The van der Waals surface area contributed by atoms with Gasteiger partial charge < -0.3 is 10.1 Å². The summed E-state index contributed by atoms with van der Waals surface area (Å²) in [4.78, 5) is 25.8. The van der Waals surface area contributed by atoms with Crippen LogP contribution in [0, 0.1) is 28.6 Å². The fourth-order valence-electron chi connectivity index (χ4n) is 4.38. The maximum Gasteiger partial charge on any atom is 0.309 e. The number of rotatable bonds is 4. The molecule has 1 saturated carbocycles. The molecule has 0 aliphatic heterocycles. The molecular weight excluding hydrogens is 372 g/mol. The molecule has 2 aliphatic rings. The highest BCUT2D eigenvalue weighted by Gasteiger charge is 2.33. The van der Waals surface area contributed by atoms with E-state index in [2.05, 4.69) is 32.2 Å². The Morgan fingerprint density at radius 1 is 1.18 bits per heavy atom. The first-order chi connectivity index (χ1) is 13.3. The number of carbonyl (C=O) groups is 2. The number of nitrogens with zero attached hydrogens (tertiary/aromatic N) is 1. The molecule has 152 valence electrons. The van der Waals surface area contributed by atoms with Gasteiger partial charge in [0.25, 0.3) is 5.91 Å². The van der Waals surface area contributed by atoms with Crippen LogP contribution in [0.4, 0.5) is 5.00 Å². The Bertz CT molecular complexity index is 777. The number of aryl methyl sites for hydroxylation is 1. The number of amides is 1. The van der Waals surface area contributed by atoms with Gasteiger partial charge in [-0.05, 0) is 68.3 Å². The molecule has 1 aromatic heterocycles. The predicted octanol–water partition coefficient (Wildman–Crippen LogP) is 4.83. The topological polar surface area (TPSA) is 79.2 Å². The molecule has 5 nitrogen and oxygen atoms in total. The number of hydrogen-bond acceptors (Lipinski definition) is 5. The van der Waals surface area contributed by atoms with E-state index in [0.29, 0.717) is 16.5 Å². The first-order valence-corrected chi connectivity index (χ1v) is 11.1. The number of hydrogen-bond donors (Lipinski definition) is 1. The summed E-state index contributed by atoms with van der Waals surface area (Å²) in [7, 11) is 0. The van der Waals surface area contributed by atoms with Crippen molar-refractivity contribution < 1.29 is 14.3 Å². The van der Waals surface area contributed by atoms with Crippen molar-refractivity contribution in [1.29, 1.82) is 5.26 Å². The van der Waals surface area contributed by atoms with Crippen LogP contribution in [-0.4, -0.2) is 18.5 Å². The van der Waals surface area contributed by atoms with Crippen molar-refractivity contribution in [3.63, 3.8) is 0 Å². The van der Waals surface area contributed by atoms with Crippen LogP contribution in [0.3, 0.4) is 0 Å². The number of thiophene rings is 1. The van der Waals surface area contributed by atoms with Gasteiger partial charge in [-0.25, -0.2) is 0 Å². The summed E-state index contributed by atoms with van der Waals surface area (Å²) in [6.45, 7) is 6.46. The molecule has 0 bridgehead atoms. The highest BCUT2D eigenvalue weighted by molar-refractivity contribution is 7.16. The van der Waals surface area contributed by atoms with Crippen LogP contribution >= 0.6 is 11.3 Å². The van der Waals surface area contributed by atoms with Gasteiger partial charge in [0.2, 0.25) is 0 Å². The van der Waals surface area contributed by atoms with E-state index in [1.165, 1.54) is 16.2 Å². The second-order valence-electron chi connectivity index (χ2n) is 9.10. The van der Waals surface area contributed by atoms with Crippen molar-refractivity contribution >= 4 is 28.2 Å². The lowest BCUT2D eigenvalue weighted by Gasteiger charge is -2.36. The number of anilines is 1. The van der Waals surface area contributed by atoms with E-state index in [1.807, 2.05) is 0 Å². The predicted molar refractivity (Wildman–Crippen MR) is 110 cm³/mol. The third-order valence-electron chi connectivity index (χ3n) is 6.17. The van der Waals surface area contributed by atoms with Gasteiger partial charge in [-0.15, -0.1) is 11.3 Å². The number of carbonyl (C=O) groups excluding carboxylic acids is 2. The van der Waals surface area contributed by atoms with Crippen LogP contribution in [0.15, 0.2) is 0 Å². The Morgan fingerprint density at radius 2 is 1.86 bits per heavy atom. The van der Waals surface area contributed by atoms with Crippen LogP contribution in [0.1, 0.15) is 75.3 Å². The van der Waals surface area contributed by atoms with Gasteiger partial charge in [0.05, 0.1) is 11.5 Å². The number of esters is 1. The standard InChI is InChI=1S/C22H30N2O3S/c1-22(2,3)15-10-8-14(9-11-15)21(26)27-13-19(25)24-20-17(12-23)16-6-4-5-7-18(16)28-20/h14-15H,4-11,13H2,1-3H3,(H,24,25). The molecule has 6 heteroatoms. The van der Waals surface area contributed by atoms with Gasteiger partial charge in [-0.1, -0.05) is 20.8 Å². The van der Waals surface area contributed by atoms with Crippen LogP contribution < -0.4 is 5.32 Å². The van der Waals surface area contributed by atoms with Gasteiger partial charge in [0, 0.05) is 4.88 Å². The molecule has 0 radical (unpaired) electrons. The van der Waals surface area contributed by atoms with Crippen molar-refractivity contribution in [2.45, 2.75) is 72.1 Å². The van der Waals surface area contributed by atoms with Crippen molar-refractivity contribution in [2.24, 2.45) is 17.3 Å². The Morgan fingerprint density at radius 3 is 2.50 bits per heavy atom. The fourth-order valence-corrected chi connectivity index (χ4v) is 5.64. The Kier molecular flexibility index (Phi) is 6.44. The maximum atomic E-state index is 12.3. The Labute approximate surface area is 171 Å². The molecule has 1 N–H and O–H groups in total. The zero-order chi connectivity index (χ0) is 20.3. The summed E-state index contributed by atoms with van der Waals surface area (Å²) in [5.41, 5.74) is 1.94. The Hall–Kier alpha value is -1.87. The van der Waals surface area contributed by atoms with Crippen molar-refractivity contribution in [2.75, 3.05) is 11.9 Å². The molecule has 3 rings (SSSR count). The van der Waals surface area contributed by atoms with Crippen molar-refractivity contribution in [3.05, 3.63) is 16.0 Å². The third-order valence-corrected chi connectivity index (χ3v) is 7.37. The fraction of sp³-hybridized carbons (Fsp3) is 0.682. The zero-order valence-electron chi connectivity index (χ0n) is 17.1. The van der Waals surface area contributed by atoms with Gasteiger partial charge in [0.1, 0.15) is 11.1 Å². The molecule has 0 spiro atoms. The van der Waals surface area contributed by atoms with E-state index in [0.717, 1.165) is 56.9 Å². The van der Waals surface area contributed by atoms with E-state index in [9.17, 15) is 14.9 Å². The van der Waals surface area contributed by atoms with E-state index >= 15 is 0 Å². The van der Waals surface area contributed by atoms with Gasteiger partial charge >= 0.3 is 5.97 Å². The first kappa shape index (κ1) is 20.9. The smallest absolute Gasteiger partial charge is 0.309 e. The van der Waals surface area contributed by atoms with Gasteiger partial charge in [-0.3, -0.25) is 9.59 Å². The van der Waals surface area contributed by atoms with Crippen molar-refractivity contribution in [1.82, 2.24) is 0 Å². The van der Waals surface area contributed by atoms with Gasteiger partial charge in [0.15, 0.2) is 6.61 Å². The summed E-state index contributed by atoms with van der Waals surface area (Å²) in [6, 6.07) is 2.23. The van der Waals surface area contributed by atoms with Crippen LogP contribution in [0.5, 0.6) is 0 Å². The molecule has 0 atom stereocenters. The second-order valence-corrected chi connectivity index (χ2v) is 10.2. The van der Waals surface area contributed by atoms with Crippen molar-refractivity contribution in [3.8, 4) is 6.07 Å². The zero-order valence-corrected chi connectivity index (χ0v) is 17.9. The molecule has 0 saturated heterocycles. The molecule has 1 heterocycles. The Balaban J connectivity index is 1.49. The van der Waals surface area contributed by atoms with E-state index in [1.54, 1.807) is 0 Å². The summed E-state index contributed by atoms with van der Waals surface area (Å²) < 4.78 is 5.28. The maximum absolute atomic E-state index is 12.3. The van der Waals surface area contributed by atoms with Crippen LogP contribution in [0.25, 0.3) is 0 Å². The highest BCUT2D eigenvalue weighted by Crippen LogP contribution is 2.40. The molecule has 1 fully saturated rings. The minimum atomic E-state index is -0.369. The highest BCUT2D eigenvalue weighted by atomic mass is 32.1. The lowest BCUT2D eigenvalue weighted by molar-refractivity contribution is -0.153. The summed E-state index contributed by atoms with van der Waals surface area (Å²) in [5, 5.41) is 12.8. The summed E-state index contributed by atoms with van der Waals surface area (Å²) in [6.07, 6.45) is 7.80. The average molecular weight is 403 g/mol. The third kappa shape index (κ3) is 4.75. The lowest BCUT2D eigenvalue weighted by Crippen LogP contribution is -2.31. The number of nitrogens with one attached hydrogen (secondary N) is 1. The van der Waals surface area contributed by atoms with E-state index in [-0.39, 0.29) is 29.8 Å². The molecule has 2 aliphatic carbocycles.